The van der Waals surface area contributed by atoms with Crippen molar-refractivity contribution in [2.75, 3.05) is 29.9 Å². The quantitative estimate of drug-likeness (QED) is 0.705. The summed E-state index contributed by atoms with van der Waals surface area (Å²) in [5, 5.41) is 13.6. The van der Waals surface area contributed by atoms with Crippen LogP contribution in [0.4, 0.5) is 11.8 Å². The molecule has 1 aromatic heterocycles. The molecule has 1 atom stereocenters. The number of fused-ring (bicyclic) bond motifs is 2. The summed E-state index contributed by atoms with van der Waals surface area (Å²) >= 11 is 0. The molecule has 0 amide bonds. The molecule has 33 heavy (non-hydrogen) atoms. The highest BCUT2D eigenvalue weighted by atomic mass is 32.2. The van der Waals surface area contributed by atoms with Gasteiger partial charge >= 0.3 is 0 Å². The van der Waals surface area contributed by atoms with Crippen LogP contribution in [-0.2, 0) is 30.1 Å². The smallest absolute Gasteiger partial charge is 0.227 e. The number of nitrogens with zero attached hydrogens (tertiary/aromatic N) is 3. The van der Waals surface area contributed by atoms with Crippen LogP contribution in [-0.4, -0.2) is 49.3 Å². The van der Waals surface area contributed by atoms with E-state index in [1.807, 2.05) is 0 Å². The summed E-state index contributed by atoms with van der Waals surface area (Å²) in [6.45, 7) is 1.98. The summed E-state index contributed by atoms with van der Waals surface area (Å²) in [4.78, 5) is 13.1. The molecular formula is C26H32N4O2S. The van der Waals surface area contributed by atoms with Gasteiger partial charge in [0.2, 0.25) is 5.95 Å². The zero-order valence-electron chi connectivity index (χ0n) is 19.1. The van der Waals surface area contributed by atoms with Crippen molar-refractivity contribution < 1.29 is 9.32 Å². The Bertz CT molecular complexity index is 1140. The molecule has 7 rings (SSSR count). The van der Waals surface area contributed by atoms with E-state index >= 15 is 0 Å². The number of hydrogen-bond donors (Lipinski definition) is 2. The first-order valence-corrected chi connectivity index (χ1v) is 13.8. The van der Waals surface area contributed by atoms with Gasteiger partial charge in [-0.15, -0.1) is 0 Å². The third kappa shape index (κ3) is 3.18. The summed E-state index contributed by atoms with van der Waals surface area (Å²) in [6, 6.07) is 7.10. The van der Waals surface area contributed by atoms with Gasteiger partial charge in [0.05, 0.1) is 33.4 Å². The van der Waals surface area contributed by atoms with Crippen molar-refractivity contribution in [1.29, 1.82) is 0 Å². The molecule has 3 heterocycles. The number of aromatic nitrogens is 2. The molecule has 5 aliphatic rings. The molecule has 0 unspecified atom stereocenters. The molecule has 2 aliphatic heterocycles. The topological polar surface area (TPSA) is 78.4 Å². The monoisotopic (exact) mass is 464 g/mol. The van der Waals surface area contributed by atoms with Crippen LogP contribution in [0.25, 0.3) is 0 Å². The van der Waals surface area contributed by atoms with Crippen LogP contribution in [0.15, 0.2) is 23.1 Å². The minimum atomic E-state index is -1.05. The van der Waals surface area contributed by atoms with Gasteiger partial charge in [0.15, 0.2) is 0 Å². The van der Waals surface area contributed by atoms with Crippen molar-refractivity contribution in [1.82, 2.24) is 9.97 Å². The molecule has 1 saturated heterocycles. The van der Waals surface area contributed by atoms with Gasteiger partial charge in [0, 0.05) is 19.5 Å². The minimum Gasteiger partial charge on any atom is -0.394 e. The number of anilines is 2. The molecule has 0 radical (unpaired) electrons. The Balaban J connectivity index is 1.15. The van der Waals surface area contributed by atoms with Crippen LogP contribution < -0.4 is 10.2 Å². The maximum absolute atomic E-state index is 13.3. The van der Waals surface area contributed by atoms with E-state index in [2.05, 4.69) is 28.4 Å². The molecule has 2 saturated carbocycles. The van der Waals surface area contributed by atoms with Crippen molar-refractivity contribution in [2.45, 2.75) is 85.3 Å². The number of hydrogen-bond acceptors (Lipinski definition) is 6. The van der Waals surface area contributed by atoms with Gasteiger partial charge < -0.3 is 15.3 Å². The molecular weight excluding hydrogens is 432 g/mol. The van der Waals surface area contributed by atoms with Crippen molar-refractivity contribution in [2.24, 2.45) is 0 Å². The standard InChI is InChI=1S/C26H32N4O2S/c31-16-25(8-1-9-25)29-23-22-21(15-26(10-11-26)33(22)32)27-24(28-23)30-12-6-18(7-13-30)20-5-3-17-2-4-19(17)14-20/h3,5,14,18,31H,1-2,4,6-13,15-16H2,(H,27,28,29)/t33-/m1/s1. The highest BCUT2D eigenvalue weighted by Gasteiger charge is 2.56. The van der Waals surface area contributed by atoms with Gasteiger partial charge in [-0.25, -0.2) is 4.98 Å². The summed E-state index contributed by atoms with van der Waals surface area (Å²) in [7, 11) is -1.05. The number of rotatable bonds is 5. The Morgan fingerprint density at radius 1 is 1.09 bits per heavy atom. The predicted octanol–water partition coefficient (Wildman–Crippen LogP) is 3.48. The lowest BCUT2D eigenvalue weighted by molar-refractivity contribution is 0.143. The first-order valence-electron chi connectivity index (χ1n) is 12.7. The Labute approximate surface area is 197 Å². The lowest BCUT2D eigenvalue weighted by Gasteiger charge is -2.42. The van der Waals surface area contributed by atoms with Crippen LogP contribution >= 0.6 is 0 Å². The third-order valence-electron chi connectivity index (χ3n) is 8.94. The van der Waals surface area contributed by atoms with Gasteiger partial charge in [-0.05, 0) is 80.4 Å². The average Bonchev–Trinajstić information content (AvgIpc) is 3.51. The number of aryl methyl sites for hydroxylation is 2. The SMILES string of the molecule is O=[S@@]1c2c(nc(N3CCC(c4ccc5c(c4)CC5)CC3)nc2NC2(CO)CCC2)CC12CC2. The highest BCUT2D eigenvalue weighted by Crippen LogP contribution is 2.54. The average molecular weight is 465 g/mol. The molecule has 7 heteroatoms. The van der Waals surface area contributed by atoms with E-state index in [0.717, 1.165) is 86.8 Å². The van der Waals surface area contributed by atoms with Crippen LogP contribution in [0.2, 0.25) is 0 Å². The first kappa shape index (κ1) is 20.4. The van der Waals surface area contributed by atoms with E-state index in [1.54, 1.807) is 5.56 Å². The molecule has 6 nitrogen and oxygen atoms in total. The lowest BCUT2D eigenvalue weighted by atomic mass is 9.77. The molecule has 3 fully saturated rings. The first-order chi connectivity index (χ1) is 16.1. The number of benzene rings is 1. The zero-order valence-corrected chi connectivity index (χ0v) is 19.9. The molecule has 1 aromatic carbocycles. The maximum Gasteiger partial charge on any atom is 0.227 e. The molecule has 2 aromatic rings. The molecule has 174 valence electrons. The Hall–Kier alpha value is -1.99. The summed E-state index contributed by atoms with van der Waals surface area (Å²) in [6.07, 6.45) is 10.5. The number of piperidine rings is 1. The van der Waals surface area contributed by atoms with Crippen LogP contribution in [0.5, 0.6) is 0 Å². The summed E-state index contributed by atoms with van der Waals surface area (Å²) < 4.78 is 13.2. The molecule has 1 spiro atoms. The second-order valence-corrected chi connectivity index (χ2v) is 12.8. The van der Waals surface area contributed by atoms with Gasteiger partial charge in [-0.2, -0.15) is 4.98 Å². The van der Waals surface area contributed by atoms with Crippen LogP contribution in [0, 0.1) is 0 Å². The molecule has 0 bridgehead atoms. The van der Waals surface area contributed by atoms with Gasteiger partial charge in [-0.3, -0.25) is 4.21 Å². The van der Waals surface area contributed by atoms with Crippen molar-refractivity contribution in [3.05, 3.63) is 40.6 Å². The Kier molecular flexibility index (Phi) is 4.48. The van der Waals surface area contributed by atoms with E-state index in [4.69, 9.17) is 9.97 Å². The van der Waals surface area contributed by atoms with Crippen molar-refractivity contribution >= 4 is 22.6 Å². The number of aliphatic hydroxyl groups is 1. The fraction of sp³-hybridized carbons (Fsp3) is 0.615. The highest BCUT2D eigenvalue weighted by molar-refractivity contribution is 7.87. The van der Waals surface area contributed by atoms with E-state index in [9.17, 15) is 9.32 Å². The molecule has 3 aliphatic carbocycles. The largest absolute Gasteiger partial charge is 0.394 e. The third-order valence-corrected chi connectivity index (χ3v) is 11.1. The molecule has 2 N–H and O–H groups in total. The van der Waals surface area contributed by atoms with Gasteiger partial charge in [0.25, 0.3) is 0 Å². The maximum atomic E-state index is 13.3. The minimum absolute atomic E-state index is 0.0884. The van der Waals surface area contributed by atoms with Crippen LogP contribution in [0.3, 0.4) is 0 Å². The second-order valence-electron chi connectivity index (χ2n) is 11.0. The summed E-state index contributed by atoms with van der Waals surface area (Å²) in [5.41, 5.74) is 5.22. The van der Waals surface area contributed by atoms with Crippen molar-refractivity contribution in [3.8, 4) is 0 Å². The second kappa shape index (κ2) is 7.25. The van der Waals surface area contributed by atoms with Crippen LogP contribution in [0.1, 0.15) is 73.2 Å². The Morgan fingerprint density at radius 2 is 1.88 bits per heavy atom. The normalized spacial score (nSPS) is 26.3. The van der Waals surface area contributed by atoms with Gasteiger partial charge in [0.1, 0.15) is 10.7 Å². The van der Waals surface area contributed by atoms with E-state index in [0.29, 0.717) is 5.92 Å². The Morgan fingerprint density at radius 3 is 2.48 bits per heavy atom. The van der Waals surface area contributed by atoms with Gasteiger partial charge in [-0.1, -0.05) is 18.2 Å². The fourth-order valence-corrected chi connectivity index (χ4v) is 7.95. The fourth-order valence-electron chi connectivity index (χ4n) is 6.17. The number of aliphatic hydroxyl groups excluding tert-OH is 1. The van der Waals surface area contributed by atoms with E-state index in [-0.39, 0.29) is 16.9 Å². The predicted molar refractivity (Wildman–Crippen MR) is 129 cm³/mol. The lowest BCUT2D eigenvalue weighted by Crippen LogP contribution is -2.49. The van der Waals surface area contributed by atoms with E-state index < -0.39 is 10.8 Å². The number of nitrogens with one attached hydrogen (secondary N) is 1. The zero-order chi connectivity index (χ0) is 22.2. The van der Waals surface area contributed by atoms with Crippen molar-refractivity contribution in [3.63, 3.8) is 0 Å². The summed E-state index contributed by atoms with van der Waals surface area (Å²) in [5.74, 6) is 2.10. The van der Waals surface area contributed by atoms with E-state index in [1.165, 1.54) is 24.0 Å².